The molecule has 0 amide bonds. The molecule has 0 aliphatic heterocycles. The Labute approximate surface area is 126 Å². The Balaban J connectivity index is 2.28. The van der Waals surface area contributed by atoms with Crippen molar-refractivity contribution in [3.8, 4) is 11.1 Å². The molecule has 7 heteroatoms. The minimum Gasteiger partial charge on any atom is -0.384 e. The maximum Gasteiger partial charge on any atom is 0.125 e. The second-order valence-electron chi connectivity index (χ2n) is 4.78. The number of hydrogen-bond donors (Lipinski definition) is 3. The molecular formula is C14H15ClN6. The van der Waals surface area contributed by atoms with E-state index in [4.69, 9.17) is 23.2 Å². The number of H-pyrrole nitrogens is 1. The molecule has 0 fully saturated rings. The van der Waals surface area contributed by atoms with Gasteiger partial charge in [0.2, 0.25) is 0 Å². The van der Waals surface area contributed by atoms with E-state index < -0.39 is 0 Å². The van der Waals surface area contributed by atoms with Gasteiger partial charge in [-0.25, -0.2) is 5.84 Å². The summed E-state index contributed by atoms with van der Waals surface area (Å²) in [7, 11) is 1.71. The van der Waals surface area contributed by atoms with Crippen molar-refractivity contribution in [1.29, 1.82) is 0 Å². The average molecular weight is 303 g/mol. The van der Waals surface area contributed by atoms with Crippen molar-refractivity contribution >= 4 is 28.3 Å². The monoisotopic (exact) mass is 302 g/mol. The van der Waals surface area contributed by atoms with Gasteiger partial charge in [-0.2, -0.15) is 5.10 Å². The molecule has 0 radical (unpaired) electrons. The van der Waals surface area contributed by atoms with Crippen LogP contribution in [0.1, 0.15) is 0 Å². The summed E-state index contributed by atoms with van der Waals surface area (Å²) in [6.07, 6.45) is 7.19. The first-order valence-electron chi connectivity index (χ1n) is 6.31. The minimum atomic E-state index is 0.502. The molecule has 1 aromatic carbocycles. The fraction of sp³-hybridized carbons (Fsp3) is 0.0714. The summed E-state index contributed by atoms with van der Waals surface area (Å²) in [6.45, 7) is 0. The lowest BCUT2D eigenvalue weighted by molar-refractivity contribution is 0.484. The van der Waals surface area contributed by atoms with E-state index in [0.29, 0.717) is 10.8 Å². The molecule has 3 rings (SSSR count). The van der Waals surface area contributed by atoms with Crippen LogP contribution in [0.2, 0.25) is 5.02 Å². The third-order valence-corrected chi connectivity index (χ3v) is 3.43. The van der Waals surface area contributed by atoms with Crippen LogP contribution in [0.4, 0.5) is 0 Å². The van der Waals surface area contributed by atoms with Gasteiger partial charge in [0.15, 0.2) is 0 Å². The van der Waals surface area contributed by atoms with E-state index in [1.165, 1.54) is 5.01 Å². The molecule has 0 aliphatic rings. The molecule has 0 aliphatic carbocycles. The zero-order valence-electron chi connectivity index (χ0n) is 11.4. The van der Waals surface area contributed by atoms with Gasteiger partial charge in [0, 0.05) is 41.0 Å². The number of hydrazine groups is 1. The number of rotatable bonds is 3. The van der Waals surface area contributed by atoms with Gasteiger partial charge in [-0.1, -0.05) is 17.7 Å². The molecule has 2 heterocycles. The number of aromatic amines is 1. The van der Waals surface area contributed by atoms with Crippen LogP contribution in [0.5, 0.6) is 0 Å². The van der Waals surface area contributed by atoms with Crippen LogP contribution >= 0.6 is 11.6 Å². The van der Waals surface area contributed by atoms with E-state index in [1.807, 2.05) is 35.2 Å². The SMILES string of the molecule is CN(N)/C=C(\N)n1cc(-c2cn[nH]c2)c2ccc(Cl)cc21. The number of hydrogen-bond acceptors (Lipinski definition) is 4. The molecule has 0 unspecified atom stereocenters. The molecule has 0 saturated carbocycles. The molecule has 3 aromatic rings. The highest BCUT2D eigenvalue weighted by molar-refractivity contribution is 6.31. The highest BCUT2D eigenvalue weighted by Gasteiger charge is 2.13. The molecule has 5 N–H and O–H groups in total. The summed E-state index contributed by atoms with van der Waals surface area (Å²) in [4.78, 5) is 0. The van der Waals surface area contributed by atoms with E-state index in [2.05, 4.69) is 10.2 Å². The predicted octanol–water partition coefficient (Wildman–Crippen LogP) is 2.20. The van der Waals surface area contributed by atoms with Crippen LogP contribution in [0.25, 0.3) is 27.9 Å². The number of nitrogens with one attached hydrogen (secondary N) is 1. The summed E-state index contributed by atoms with van der Waals surface area (Å²) in [5.41, 5.74) is 9.03. The Morgan fingerprint density at radius 2 is 2.29 bits per heavy atom. The van der Waals surface area contributed by atoms with Crippen LogP contribution in [0.15, 0.2) is 43.0 Å². The van der Waals surface area contributed by atoms with Crippen LogP contribution in [-0.4, -0.2) is 26.8 Å². The lowest BCUT2D eigenvalue weighted by Gasteiger charge is -2.10. The molecule has 0 atom stereocenters. The van der Waals surface area contributed by atoms with Crippen molar-refractivity contribution in [2.45, 2.75) is 0 Å². The van der Waals surface area contributed by atoms with E-state index in [9.17, 15) is 0 Å². The van der Waals surface area contributed by atoms with Crippen molar-refractivity contribution in [2.75, 3.05) is 7.05 Å². The Morgan fingerprint density at radius 3 is 2.95 bits per heavy atom. The molecule has 6 nitrogen and oxygen atoms in total. The van der Waals surface area contributed by atoms with Gasteiger partial charge in [-0.15, -0.1) is 0 Å². The normalized spacial score (nSPS) is 12.0. The molecular weight excluding hydrogens is 288 g/mol. The lowest BCUT2D eigenvalue weighted by atomic mass is 10.1. The van der Waals surface area contributed by atoms with Gasteiger partial charge in [-0.05, 0) is 12.1 Å². The number of halogens is 1. The second-order valence-corrected chi connectivity index (χ2v) is 5.22. The number of benzene rings is 1. The lowest BCUT2D eigenvalue weighted by Crippen LogP contribution is -2.21. The van der Waals surface area contributed by atoms with Crippen LogP contribution in [0, 0.1) is 0 Å². The topological polar surface area (TPSA) is 88.9 Å². The molecule has 0 spiro atoms. The van der Waals surface area contributed by atoms with Gasteiger partial charge in [-0.3, -0.25) is 5.10 Å². The quantitative estimate of drug-likeness (QED) is 0.511. The minimum absolute atomic E-state index is 0.502. The number of aromatic nitrogens is 3. The summed E-state index contributed by atoms with van der Waals surface area (Å²) < 4.78 is 1.85. The average Bonchev–Trinajstić information content (AvgIpc) is 3.03. The third-order valence-electron chi connectivity index (χ3n) is 3.19. The van der Waals surface area contributed by atoms with Crippen LogP contribution in [-0.2, 0) is 0 Å². The van der Waals surface area contributed by atoms with Crippen molar-refractivity contribution in [1.82, 2.24) is 19.8 Å². The van der Waals surface area contributed by atoms with E-state index in [1.54, 1.807) is 19.4 Å². The number of nitrogens with two attached hydrogens (primary N) is 2. The standard InChI is InChI=1S/C14H15ClN6/c1-20(17)8-14(16)21-7-12(9-5-18-19-6-9)11-3-2-10(15)4-13(11)21/h2-8H,16-17H2,1H3,(H,18,19)/b14-8+. The number of fused-ring (bicyclic) bond motifs is 1. The zero-order valence-corrected chi connectivity index (χ0v) is 12.2. The zero-order chi connectivity index (χ0) is 15.0. The van der Waals surface area contributed by atoms with Crippen molar-refractivity contribution in [3.63, 3.8) is 0 Å². The Bertz CT molecular complexity index is 800. The Morgan fingerprint density at radius 1 is 1.48 bits per heavy atom. The molecule has 21 heavy (non-hydrogen) atoms. The fourth-order valence-electron chi connectivity index (χ4n) is 2.31. The third kappa shape index (κ3) is 2.46. The van der Waals surface area contributed by atoms with E-state index >= 15 is 0 Å². The van der Waals surface area contributed by atoms with E-state index in [0.717, 1.165) is 22.0 Å². The first kappa shape index (κ1) is 13.5. The van der Waals surface area contributed by atoms with Gasteiger partial charge in [0.05, 0.1) is 17.9 Å². The van der Waals surface area contributed by atoms with Crippen molar-refractivity contribution in [2.24, 2.45) is 11.6 Å². The number of nitrogens with zero attached hydrogens (tertiary/aromatic N) is 3. The largest absolute Gasteiger partial charge is 0.384 e. The van der Waals surface area contributed by atoms with Gasteiger partial charge in [0.1, 0.15) is 5.82 Å². The van der Waals surface area contributed by atoms with Crippen LogP contribution in [0.3, 0.4) is 0 Å². The smallest absolute Gasteiger partial charge is 0.125 e. The highest BCUT2D eigenvalue weighted by Crippen LogP contribution is 2.32. The second kappa shape index (κ2) is 5.16. The Kier molecular flexibility index (Phi) is 3.32. The predicted molar refractivity (Wildman–Crippen MR) is 84.9 cm³/mol. The highest BCUT2D eigenvalue weighted by atomic mass is 35.5. The molecule has 0 saturated heterocycles. The first-order valence-corrected chi connectivity index (χ1v) is 6.69. The maximum absolute atomic E-state index is 6.11. The van der Waals surface area contributed by atoms with Gasteiger partial charge < -0.3 is 15.3 Å². The van der Waals surface area contributed by atoms with Gasteiger partial charge in [0.25, 0.3) is 0 Å². The summed E-state index contributed by atoms with van der Waals surface area (Å²) in [6, 6.07) is 5.69. The maximum atomic E-state index is 6.11. The summed E-state index contributed by atoms with van der Waals surface area (Å²) in [5.74, 6) is 6.13. The summed E-state index contributed by atoms with van der Waals surface area (Å²) >= 11 is 6.11. The van der Waals surface area contributed by atoms with Crippen LogP contribution < -0.4 is 11.6 Å². The van der Waals surface area contributed by atoms with Crippen molar-refractivity contribution < 1.29 is 0 Å². The Hall–Kier alpha value is -2.44. The first-order chi connectivity index (χ1) is 10.1. The molecule has 108 valence electrons. The molecule has 2 aromatic heterocycles. The van der Waals surface area contributed by atoms with Gasteiger partial charge >= 0.3 is 0 Å². The fourth-order valence-corrected chi connectivity index (χ4v) is 2.48. The van der Waals surface area contributed by atoms with E-state index in [-0.39, 0.29) is 0 Å². The van der Waals surface area contributed by atoms with Crippen molar-refractivity contribution in [3.05, 3.63) is 48.0 Å². The summed E-state index contributed by atoms with van der Waals surface area (Å²) in [5, 5.41) is 9.90. The molecule has 0 bridgehead atoms.